The molecule has 7 nitrogen and oxygen atoms in total. The number of carbonyl (C=O) groups is 2. The summed E-state index contributed by atoms with van der Waals surface area (Å²) in [4.78, 5) is 40.9. The second-order valence-corrected chi connectivity index (χ2v) is 9.91. The number of carbonyl (C=O) groups excluding carboxylic acids is 2. The lowest BCUT2D eigenvalue weighted by atomic mass is 9.96. The maximum Gasteiger partial charge on any atom is 0.471 e. The van der Waals surface area contributed by atoms with Crippen molar-refractivity contribution < 1.29 is 27.3 Å². The number of alkyl halides is 3. The third kappa shape index (κ3) is 4.70. The lowest BCUT2D eigenvalue weighted by Crippen LogP contribution is -2.52. The van der Waals surface area contributed by atoms with Gasteiger partial charge in [-0.1, -0.05) is 11.6 Å². The van der Waals surface area contributed by atoms with Crippen molar-refractivity contribution in [3.8, 4) is 0 Å². The zero-order valence-corrected chi connectivity index (χ0v) is 20.9. The van der Waals surface area contributed by atoms with Gasteiger partial charge in [-0.25, -0.2) is 0 Å². The minimum Gasteiger partial charge on any atom is -0.366 e. The van der Waals surface area contributed by atoms with Crippen molar-refractivity contribution in [1.82, 2.24) is 9.47 Å². The zero-order chi connectivity index (χ0) is 26.5. The Morgan fingerprint density at radius 3 is 2.54 bits per heavy atom. The Hall–Kier alpha value is -3.40. The number of hydrogen-bond acceptors (Lipinski definition) is 4. The van der Waals surface area contributed by atoms with Crippen LogP contribution < -0.4 is 14.9 Å². The van der Waals surface area contributed by atoms with E-state index in [9.17, 15) is 27.6 Å². The number of Topliss-reactive ketones (excluding diaryl/α,β-unsaturated/α-hetero) is 1. The van der Waals surface area contributed by atoms with Crippen LogP contribution >= 0.6 is 11.6 Å². The third-order valence-corrected chi connectivity index (χ3v) is 7.26. The van der Waals surface area contributed by atoms with Gasteiger partial charge in [0.1, 0.15) is 0 Å². The normalized spacial score (nSPS) is 15.8. The molecule has 1 fully saturated rings. The molecule has 0 aliphatic carbocycles. The predicted molar refractivity (Wildman–Crippen MR) is 132 cm³/mol. The van der Waals surface area contributed by atoms with E-state index in [1.165, 1.54) is 0 Å². The van der Waals surface area contributed by atoms with Crippen molar-refractivity contribution in [2.75, 3.05) is 31.1 Å². The zero-order valence-electron chi connectivity index (χ0n) is 20.1. The van der Waals surface area contributed by atoms with E-state index in [1.807, 2.05) is 34.7 Å². The third-order valence-electron chi connectivity index (χ3n) is 6.97. The van der Waals surface area contributed by atoms with Gasteiger partial charge in [0.25, 0.3) is 0 Å². The Bertz CT molecular complexity index is 1480. The topological polar surface area (TPSA) is 66.5 Å². The lowest BCUT2D eigenvalue weighted by molar-refractivity contribution is -0.683. The molecule has 3 aromatic rings. The van der Waals surface area contributed by atoms with Gasteiger partial charge < -0.3 is 14.4 Å². The standard InChI is InChI=1S/C26H25ClF3N4O3/c1-16-4-2-6-31(13-16)15-21(35)19-14-34-7-3-5-17-22(34)18(24(19)36)12-20(27)23(17)32-8-10-33(11-9-32)25(37)26(28,29)30/h2,4,6,12-14H,3,5,7-11,15H2,1H3/q+1. The SMILES string of the molecule is Cc1ccc[n+](CC(=O)c2cn3c4c(c(N5CCN(C(=O)C(F)(F)F)CC5)c(Cl)cc4c2=O)CCC3)c1. The summed E-state index contributed by atoms with van der Waals surface area (Å²) in [6.45, 7) is 2.79. The summed E-state index contributed by atoms with van der Waals surface area (Å²) in [5.74, 6) is -2.14. The van der Waals surface area contributed by atoms with Crippen LogP contribution in [-0.4, -0.2) is 53.5 Å². The molecule has 1 saturated heterocycles. The second-order valence-electron chi connectivity index (χ2n) is 9.50. The van der Waals surface area contributed by atoms with E-state index in [4.69, 9.17) is 11.6 Å². The number of aromatic nitrogens is 2. The van der Waals surface area contributed by atoms with Gasteiger partial charge in [0.2, 0.25) is 17.8 Å². The van der Waals surface area contributed by atoms with Gasteiger partial charge in [-0.15, -0.1) is 0 Å². The van der Waals surface area contributed by atoms with Crippen molar-refractivity contribution >= 4 is 39.9 Å². The fraction of sp³-hybridized carbons (Fsp3) is 0.385. The summed E-state index contributed by atoms with van der Waals surface area (Å²) in [6.07, 6.45) is 1.72. The Balaban J connectivity index is 1.50. The van der Waals surface area contributed by atoms with Crippen LogP contribution in [0.1, 0.15) is 27.9 Å². The van der Waals surface area contributed by atoms with Crippen molar-refractivity contribution in [3.05, 3.63) is 68.7 Å². The lowest BCUT2D eigenvalue weighted by Gasteiger charge is -2.38. The van der Waals surface area contributed by atoms with Crippen LogP contribution in [0.3, 0.4) is 0 Å². The van der Waals surface area contributed by atoms with Gasteiger partial charge in [0.05, 0.1) is 21.8 Å². The number of amides is 1. The summed E-state index contributed by atoms with van der Waals surface area (Å²) in [5.41, 5.74) is 2.92. The highest BCUT2D eigenvalue weighted by Crippen LogP contribution is 2.39. The summed E-state index contributed by atoms with van der Waals surface area (Å²) >= 11 is 6.68. The molecule has 37 heavy (non-hydrogen) atoms. The van der Waals surface area contributed by atoms with Gasteiger partial charge in [-0.2, -0.15) is 17.7 Å². The van der Waals surface area contributed by atoms with Crippen LogP contribution in [0.2, 0.25) is 5.02 Å². The molecule has 0 unspecified atom stereocenters. The molecule has 11 heteroatoms. The minimum absolute atomic E-state index is 0.0298. The molecule has 194 valence electrons. The number of halogens is 4. The number of ketones is 1. The second kappa shape index (κ2) is 9.48. The number of pyridine rings is 2. The number of nitrogens with zero attached hydrogens (tertiary/aromatic N) is 4. The molecule has 0 spiro atoms. The maximum atomic E-state index is 13.5. The van der Waals surface area contributed by atoms with Crippen molar-refractivity contribution in [1.29, 1.82) is 0 Å². The fourth-order valence-corrected chi connectivity index (χ4v) is 5.64. The molecule has 0 radical (unpaired) electrons. The summed E-state index contributed by atoms with van der Waals surface area (Å²) in [6, 6.07) is 5.32. The molecule has 4 heterocycles. The first kappa shape index (κ1) is 25.3. The first-order valence-electron chi connectivity index (χ1n) is 12.0. The smallest absolute Gasteiger partial charge is 0.366 e. The highest BCUT2D eigenvalue weighted by atomic mass is 35.5. The number of anilines is 1. The fourth-order valence-electron chi connectivity index (χ4n) is 5.30. The van der Waals surface area contributed by atoms with E-state index in [2.05, 4.69) is 0 Å². The largest absolute Gasteiger partial charge is 0.471 e. The monoisotopic (exact) mass is 533 g/mol. The Morgan fingerprint density at radius 1 is 1.14 bits per heavy atom. The molecular formula is C26H25ClF3N4O3+. The Kier molecular flexibility index (Phi) is 6.47. The summed E-state index contributed by atoms with van der Waals surface area (Å²) < 4.78 is 42.2. The molecule has 0 bridgehead atoms. The average molecular weight is 534 g/mol. The van der Waals surface area contributed by atoms with Crippen LogP contribution in [0.25, 0.3) is 10.9 Å². The van der Waals surface area contributed by atoms with Gasteiger partial charge in [-0.3, -0.25) is 14.4 Å². The molecule has 2 aliphatic heterocycles. The van der Waals surface area contributed by atoms with E-state index in [0.717, 1.165) is 22.4 Å². The molecule has 2 aliphatic rings. The number of hydrogen-bond donors (Lipinski definition) is 0. The van der Waals surface area contributed by atoms with E-state index >= 15 is 0 Å². The van der Waals surface area contributed by atoms with E-state index < -0.39 is 12.1 Å². The van der Waals surface area contributed by atoms with Gasteiger partial charge in [-0.05, 0) is 31.9 Å². The number of benzene rings is 1. The number of aryl methyl sites for hydroxylation is 3. The van der Waals surface area contributed by atoms with Crippen molar-refractivity contribution in [2.24, 2.45) is 0 Å². The molecule has 0 N–H and O–H groups in total. The van der Waals surface area contributed by atoms with E-state index in [1.54, 1.807) is 23.0 Å². The summed E-state index contributed by atoms with van der Waals surface area (Å²) in [7, 11) is 0. The molecular weight excluding hydrogens is 509 g/mol. The van der Waals surface area contributed by atoms with E-state index in [-0.39, 0.29) is 49.5 Å². The van der Waals surface area contributed by atoms with E-state index in [0.29, 0.717) is 34.6 Å². The van der Waals surface area contributed by atoms with Crippen LogP contribution in [0, 0.1) is 6.92 Å². The van der Waals surface area contributed by atoms with Crippen molar-refractivity contribution in [2.45, 2.75) is 39.0 Å². The minimum atomic E-state index is -4.90. The molecule has 2 aromatic heterocycles. The first-order chi connectivity index (χ1) is 17.5. The summed E-state index contributed by atoms with van der Waals surface area (Å²) in [5, 5.41) is 0.663. The van der Waals surface area contributed by atoms with Gasteiger partial charge in [0.15, 0.2) is 12.4 Å². The first-order valence-corrected chi connectivity index (χ1v) is 12.4. The van der Waals surface area contributed by atoms with Gasteiger partial charge in [0, 0.05) is 61.5 Å². The highest BCUT2D eigenvalue weighted by molar-refractivity contribution is 6.34. The number of rotatable bonds is 4. The molecule has 1 aromatic carbocycles. The molecule has 5 rings (SSSR count). The van der Waals surface area contributed by atoms with Crippen LogP contribution in [0.5, 0.6) is 0 Å². The Morgan fingerprint density at radius 2 is 1.86 bits per heavy atom. The highest BCUT2D eigenvalue weighted by Gasteiger charge is 2.43. The number of piperazine rings is 1. The molecule has 0 saturated carbocycles. The van der Waals surface area contributed by atoms with Crippen molar-refractivity contribution in [3.63, 3.8) is 0 Å². The van der Waals surface area contributed by atoms with Crippen LogP contribution in [-0.2, 0) is 24.3 Å². The van der Waals surface area contributed by atoms with Crippen LogP contribution in [0.15, 0.2) is 41.6 Å². The molecule has 1 amide bonds. The quantitative estimate of drug-likeness (QED) is 0.381. The Labute approximate surface area is 215 Å². The molecule has 0 atom stereocenters. The predicted octanol–water partition coefficient (Wildman–Crippen LogP) is 3.29. The van der Waals surface area contributed by atoms with Gasteiger partial charge >= 0.3 is 12.1 Å². The van der Waals surface area contributed by atoms with Crippen LogP contribution in [0.4, 0.5) is 18.9 Å². The average Bonchev–Trinajstić information content (AvgIpc) is 2.85. The maximum absolute atomic E-state index is 13.5.